The van der Waals surface area contributed by atoms with Crippen LogP contribution >= 0.6 is 0 Å². The van der Waals surface area contributed by atoms with Crippen LogP contribution in [0.3, 0.4) is 0 Å². The maximum absolute atomic E-state index is 13.7. The van der Waals surface area contributed by atoms with Crippen LogP contribution in [-0.2, 0) is 34.9 Å². The van der Waals surface area contributed by atoms with Crippen molar-refractivity contribution in [2.24, 2.45) is 5.92 Å². The summed E-state index contributed by atoms with van der Waals surface area (Å²) in [7, 11) is 0.104. The van der Waals surface area contributed by atoms with Crippen LogP contribution in [0.4, 0.5) is 0 Å². The highest BCUT2D eigenvalue weighted by Gasteiger charge is 2.57. The van der Waals surface area contributed by atoms with Gasteiger partial charge in [-0.1, -0.05) is 44.2 Å². The number of amides is 2. The maximum Gasteiger partial charge on any atom is 0.531 e. The van der Waals surface area contributed by atoms with Crippen molar-refractivity contribution < 1.29 is 38.4 Å². The first-order chi connectivity index (χ1) is 19.0. The standard InChI is InChI=1S/C27H33BN4O8/c1-17(2)11-19(28-39-26(38)27(40-28,15-24(35)36)14-23(34)29-3)13-22(33)20(12-18-7-5-4-6-8-18)32-25(37)21-16-30-9-10-31-21/h4-10,16-17,19-20H,11-15H2,1-3H3,(H,29,34)(H,32,37)(H,35,36)/t19-,20+,27+/m1/s1. The first-order valence-corrected chi connectivity index (χ1v) is 13.0. The van der Waals surface area contributed by atoms with Gasteiger partial charge in [-0.05, 0) is 24.3 Å². The molecule has 0 bridgehead atoms. The summed E-state index contributed by atoms with van der Waals surface area (Å²) in [6.45, 7) is 3.83. The summed E-state index contributed by atoms with van der Waals surface area (Å²) in [6.07, 6.45) is 3.22. The van der Waals surface area contributed by atoms with Gasteiger partial charge >= 0.3 is 19.1 Å². The van der Waals surface area contributed by atoms with Gasteiger partial charge in [0.2, 0.25) is 5.91 Å². The molecule has 3 rings (SSSR count). The van der Waals surface area contributed by atoms with Crippen LogP contribution in [0.25, 0.3) is 0 Å². The first kappa shape index (κ1) is 30.4. The molecule has 0 saturated carbocycles. The van der Waals surface area contributed by atoms with Crippen LogP contribution in [-0.4, -0.2) is 70.4 Å². The fourth-order valence-corrected chi connectivity index (χ4v) is 4.62. The number of hydrogen-bond donors (Lipinski definition) is 3. The molecule has 1 aromatic heterocycles. The molecular formula is C27H33BN4O8. The van der Waals surface area contributed by atoms with E-state index < -0.39 is 61.2 Å². The Morgan fingerprint density at radius 3 is 2.42 bits per heavy atom. The van der Waals surface area contributed by atoms with Crippen LogP contribution in [0, 0.1) is 5.92 Å². The number of rotatable bonds is 14. The van der Waals surface area contributed by atoms with E-state index in [1.807, 2.05) is 44.2 Å². The number of carbonyl (C=O) groups excluding carboxylic acids is 4. The van der Waals surface area contributed by atoms with Crippen molar-refractivity contribution in [2.75, 3.05) is 7.05 Å². The number of nitrogens with one attached hydrogen (secondary N) is 2. The van der Waals surface area contributed by atoms with E-state index in [1.54, 1.807) is 0 Å². The predicted molar refractivity (Wildman–Crippen MR) is 143 cm³/mol. The van der Waals surface area contributed by atoms with Crippen molar-refractivity contribution in [2.45, 2.75) is 63.4 Å². The zero-order chi connectivity index (χ0) is 29.3. The number of hydrogen-bond acceptors (Lipinski definition) is 9. The summed E-state index contributed by atoms with van der Waals surface area (Å²) < 4.78 is 11.4. The fraction of sp³-hybridized carbons (Fsp3) is 0.444. The summed E-state index contributed by atoms with van der Waals surface area (Å²) in [5.41, 5.74) is -1.15. The second-order valence-corrected chi connectivity index (χ2v) is 10.2. The number of nitrogens with zero attached hydrogens (tertiary/aromatic N) is 2. The smallest absolute Gasteiger partial charge is 0.507 e. The minimum absolute atomic E-state index is 0.0489. The monoisotopic (exact) mass is 552 g/mol. The van der Waals surface area contributed by atoms with Gasteiger partial charge in [-0.3, -0.25) is 29.0 Å². The molecule has 13 heteroatoms. The van der Waals surface area contributed by atoms with E-state index in [1.165, 1.54) is 25.6 Å². The Bertz CT molecular complexity index is 1210. The lowest BCUT2D eigenvalue weighted by Gasteiger charge is -2.25. The number of ketones is 1. The topological polar surface area (TPSA) is 174 Å². The highest BCUT2D eigenvalue weighted by atomic mass is 16.7. The van der Waals surface area contributed by atoms with Crippen LogP contribution in [0.5, 0.6) is 0 Å². The molecule has 2 amide bonds. The fourth-order valence-electron chi connectivity index (χ4n) is 4.62. The molecule has 1 aliphatic heterocycles. The molecule has 212 valence electrons. The van der Waals surface area contributed by atoms with Crippen LogP contribution < -0.4 is 10.6 Å². The lowest BCUT2D eigenvalue weighted by molar-refractivity contribution is -0.154. The van der Waals surface area contributed by atoms with Crippen LogP contribution in [0.2, 0.25) is 5.82 Å². The lowest BCUT2D eigenvalue weighted by atomic mass is 9.65. The molecule has 12 nitrogen and oxygen atoms in total. The van der Waals surface area contributed by atoms with Gasteiger partial charge in [0.05, 0.1) is 25.1 Å². The molecule has 1 aromatic carbocycles. The molecule has 0 unspecified atom stereocenters. The third kappa shape index (κ3) is 8.19. The van der Waals surface area contributed by atoms with E-state index in [0.717, 1.165) is 5.56 Å². The summed E-state index contributed by atoms with van der Waals surface area (Å²) in [5.74, 6) is -4.43. The molecule has 3 N–H and O–H groups in total. The van der Waals surface area contributed by atoms with Crippen LogP contribution in [0.1, 0.15) is 55.6 Å². The van der Waals surface area contributed by atoms with Gasteiger partial charge in [-0.25, -0.2) is 4.98 Å². The minimum atomic E-state index is -2.02. The summed E-state index contributed by atoms with van der Waals surface area (Å²) in [6, 6.07) is 8.21. The first-order valence-electron chi connectivity index (χ1n) is 13.0. The second kappa shape index (κ2) is 13.8. The second-order valence-electron chi connectivity index (χ2n) is 10.2. The van der Waals surface area contributed by atoms with Gasteiger partial charge in [0.1, 0.15) is 5.69 Å². The van der Waals surface area contributed by atoms with Crippen molar-refractivity contribution >= 4 is 36.7 Å². The minimum Gasteiger partial charge on any atom is -0.507 e. The highest BCUT2D eigenvalue weighted by molar-refractivity contribution is 6.51. The SMILES string of the molecule is CNC(=O)C[C@@]1(CC(=O)O)OB([C@@H](CC(=O)[C@H](Cc2ccccc2)NC(=O)c2cnccn2)CC(C)C)OC1=O. The predicted octanol–water partition coefficient (Wildman–Crippen LogP) is 1.60. The number of aliphatic carboxylic acids is 1. The van der Waals surface area contributed by atoms with Gasteiger partial charge < -0.3 is 25.0 Å². The third-order valence-electron chi connectivity index (χ3n) is 6.49. The van der Waals surface area contributed by atoms with Crippen molar-refractivity contribution in [1.82, 2.24) is 20.6 Å². The number of benzene rings is 1. The molecule has 2 aromatic rings. The van der Waals surface area contributed by atoms with E-state index in [0.29, 0.717) is 6.42 Å². The molecule has 40 heavy (non-hydrogen) atoms. The number of Topliss-reactive ketones (excluding diaryl/α,β-unsaturated/α-hetero) is 1. The zero-order valence-corrected chi connectivity index (χ0v) is 22.7. The van der Waals surface area contributed by atoms with Gasteiger partial charge in [-0.2, -0.15) is 0 Å². The lowest BCUT2D eigenvalue weighted by Crippen LogP contribution is -2.45. The Kier molecular flexibility index (Phi) is 10.5. The Labute approximate surface area is 232 Å². The average molecular weight is 552 g/mol. The molecular weight excluding hydrogens is 519 g/mol. The number of aromatic nitrogens is 2. The molecule has 3 atom stereocenters. The number of carboxylic acids is 1. The quantitative estimate of drug-likeness (QED) is 0.292. The Morgan fingerprint density at radius 2 is 1.82 bits per heavy atom. The van der Waals surface area contributed by atoms with Gasteiger partial charge in [0.15, 0.2) is 11.4 Å². The zero-order valence-electron chi connectivity index (χ0n) is 22.7. The molecule has 0 spiro atoms. The Balaban J connectivity index is 1.85. The summed E-state index contributed by atoms with van der Waals surface area (Å²) in [4.78, 5) is 71.1. The largest absolute Gasteiger partial charge is 0.531 e. The normalized spacial score (nSPS) is 18.1. The number of carboxylic acid groups (broad SMARTS) is 1. The van der Waals surface area contributed by atoms with Gasteiger partial charge in [0, 0.05) is 31.7 Å². The summed E-state index contributed by atoms with van der Waals surface area (Å²) in [5, 5.41) is 14.5. The van der Waals surface area contributed by atoms with E-state index in [2.05, 4.69) is 20.6 Å². The van der Waals surface area contributed by atoms with Gasteiger partial charge in [0.25, 0.3) is 5.91 Å². The van der Waals surface area contributed by atoms with E-state index in [9.17, 15) is 29.1 Å². The Morgan fingerprint density at radius 1 is 1.10 bits per heavy atom. The summed E-state index contributed by atoms with van der Waals surface area (Å²) >= 11 is 0. The number of carbonyl (C=O) groups is 5. The molecule has 1 saturated heterocycles. The molecule has 0 aliphatic carbocycles. The molecule has 1 fully saturated rings. The van der Waals surface area contributed by atoms with Crippen molar-refractivity contribution in [3.05, 3.63) is 60.2 Å². The Hall–Kier alpha value is -4.13. The third-order valence-corrected chi connectivity index (χ3v) is 6.49. The van der Waals surface area contributed by atoms with Crippen molar-refractivity contribution in [3.8, 4) is 0 Å². The average Bonchev–Trinajstić information content (AvgIpc) is 3.22. The van der Waals surface area contributed by atoms with Crippen molar-refractivity contribution in [3.63, 3.8) is 0 Å². The van der Waals surface area contributed by atoms with E-state index in [4.69, 9.17) is 9.31 Å². The molecule has 2 heterocycles. The molecule has 1 aliphatic rings. The maximum atomic E-state index is 13.7. The highest BCUT2D eigenvalue weighted by Crippen LogP contribution is 2.38. The van der Waals surface area contributed by atoms with E-state index >= 15 is 0 Å². The van der Waals surface area contributed by atoms with E-state index in [-0.39, 0.29) is 30.2 Å². The molecule has 0 radical (unpaired) electrons. The van der Waals surface area contributed by atoms with Crippen molar-refractivity contribution in [1.29, 1.82) is 0 Å². The van der Waals surface area contributed by atoms with Crippen LogP contribution in [0.15, 0.2) is 48.9 Å². The van der Waals surface area contributed by atoms with Gasteiger partial charge in [-0.15, -0.1) is 0 Å².